The number of benzene rings is 1. The van der Waals surface area contributed by atoms with Crippen molar-refractivity contribution in [3.8, 4) is 0 Å². The highest BCUT2D eigenvalue weighted by molar-refractivity contribution is 8.29. The highest BCUT2D eigenvalue weighted by atomic mass is 32.2. The maximum absolute atomic E-state index is 4.67. The number of allylic oxidation sites excluding steroid dienone is 1. The van der Waals surface area contributed by atoms with E-state index in [0.29, 0.717) is 0 Å². The Hall–Kier alpha value is -1.24. The lowest BCUT2D eigenvalue weighted by Gasteiger charge is -1.94. The summed E-state index contributed by atoms with van der Waals surface area (Å²) < 4.78 is 4.67. The van der Waals surface area contributed by atoms with E-state index in [-0.39, 0.29) is 10.9 Å². The normalized spacial score (nSPS) is 15.0. The molecule has 0 spiro atoms. The van der Waals surface area contributed by atoms with Gasteiger partial charge in [-0.25, -0.2) is 0 Å². The quantitative estimate of drug-likeness (QED) is 0.548. The van der Waals surface area contributed by atoms with E-state index in [9.17, 15) is 0 Å². The van der Waals surface area contributed by atoms with Gasteiger partial charge in [-0.3, -0.25) is 0 Å². The molecule has 0 amide bonds. The molecule has 1 nitrogen and oxygen atoms in total. The molecule has 0 radical (unpaired) electrons. The zero-order valence-electron chi connectivity index (χ0n) is 9.36. The van der Waals surface area contributed by atoms with Gasteiger partial charge < -0.3 is 0 Å². The Morgan fingerprint density at radius 1 is 1.07 bits per heavy atom. The van der Waals surface area contributed by atoms with Gasteiger partial charge in [-0.2, -0.15) is 10.9 Å². The van der Waals surface area contributed by atoms with Crippen LogP contribution in [-0.4, -0.2) is 23.3 Å². The first-order valence-electron chi connectivity index (χ1n) is 5.05. The molecule has 0 saturated carbocycles. The maximum atomic E-state index is 4.67. The summed E-state index contributed by atoms with van der Waals surface area (Å²) in [5, 5.41) is 1.24. The summed E-state index contributed by atoms with van der Waals surface area (Å²) in [5.41, 5.74) is 3.65. The van der Waals surface area contributed by atoms with Crippen LogP contribution in [0.2, 0.25) is 0 Å². The Kier molecular flexibility index (Phi) is 2.81. The van der Waals surface area contributed by atoms with Gasteiger partial charge >= 0.3 is 10.8 Å². The summed E-state index contributed by atoms with van der Waals surface area (Å²) in [4.78, 5) is 0. The van der Waals surface area contributed by atoms with E-state index in [2.05, 4.69) is 60.5 Å². The van der Waals surface area contributed by atoms with Crippen LogP contribution in [0.25, 0.3) is 0 Å². The third-order valence-electron chi connectivity index (χ3n) is 2.50. The molecule has 78 valence electrons. The lowest BCUT2D eigenvalue weighted by atomic mass is 10.0. The monoisotopic (exact) mass is 218 g/mol. The average Bonchev–Trinajstić information content (AvgIpc) is 2.67. The third kappa shape index (κ3) is 2.06. The van der Waals surface area contributed by atoms with E-state index in [4.69, 9.17) is 0 Å². The molecule has 0 atom stereocenters. The minimum absolute atomic E-state index is 0.0859. The molecule has 0 fully saturated rings. The summed E-state index contributed by atoms with van der Waals surface area (Å²) in [6.07, 6.45) is 8.74. The summed E-state index contributed by atoms with van der Waals surface area (Å²) in [7, 11) is -0.0859. The number of hydrogen-bond acceptors (Lipinski definition) is 0. The Morgan fingerprint density at radius 2 is 1.80 bits per heavy atom. The van der Waals surface area contributed by atoms with Crippen LogP contribution in [0.1, 0.15) is 11.1 Å². The summed E-state index contributed by atoms with van der Waals surface area (Å²) in [6.45, 7) is 2.13. The number of rotatable bonds is 1. The van der Waals surface area contributed by atoms with Crippen molar-refractivity contribution in [1.29, 1.82) is 0 Å². The molecule has 1 aromatic rings. The fraction of sp³-hybridized carbons (Fsp3) is 0.231. The Labute approximate surface area is 93.6 Å². The Morgan fingerprint density at radius 3 is 2.40 bits per heavy atom. The molecule has 15 heavy (non-hydrogen) atoms. The lowest BCUT2D eigenvalue weighted by Crippen LogP contribution is -2.02. The van der Waals surface area contributed by atoms with Crippen LogP contribution < -0.4 is 4.67 Å². The van der Waals surface area contributed by atoms with Crippen molar-refractivity contribution in [2.75, 3.05) is 12.5 Å². The molecule has 0 bridgehead atoms. The van der Waals surface area contributed by atoms with E-state index in [1.165, 1.54) is 16.2 Å². The largest absolute Gasteiger partial charge is 0.342 e. The van der Waals surface area contributed by atoms with Crippen molar-refractivity contribution < 1.29 is 0 Å². The number of hydrogen-bond donors (Lipinski definition) is 1. The molecular weight excluding hydrogens is 202 g/mol. The van der Waals surface area contributed by atoms with Crippen LogP contribution >= 0.6 is 10.9 Å². The van der Waals surface area contributed by atoms with E-state index in [0.717, 1.165) is 5.71 Å². The third-order valence-corrected chi connectivity index (χ3v) is 3.67. The topological polar surface area (TPSA) is 14.1 Å². The summed E-state index contributed by atoms with van der Waals surface area (Å²) in [6, 6.07) is 8.39. The molecule has 1 aliphatic rings. The van der Waals surface area contributed by atoms with Crippen LogP contribution in [0, 0.1) is 6.92 Å². The molecule has 0 N–H and O–H groups in total. The second-order valence-electron chi connectivity index (χ2n) is 3.90. The lowest BCUT2D eigenvalue weighted by molar-refractivity contribution is 1.43. The molecule has 0 aliphatic carbocycles. The second-order valence-corrected chi connectivity index (χ2v) is 6.14. The molecule has 1 aliphatic heterocycles. The SMILES string of the molecule is Cc1ccccc1C1=[N+]=C([SH](C)C)C=C1. The molecule has 0 unspecified atom stereocenters. The molecule has 2 heteroatoms. The predicted molar refractivity (Wildman–Crippen MR) is 72.4 cm³/mol. The summed E-state index contributed by atoms with van der Waals surface area (Å²) >= 11 is 0. The number of aryl methyl sites for hydroxylation is 1. The zero-order chi connectivity index (χ0) is 10.8. The Bertz CT molecular complexity index is 477. The van der Waals surface area contributed by atoms with Gasteiger partial charge in [0.2, 0.25) is 0 Å². The van der Waals surface area contributed by atoms with Gasteiger partial charge in [0.1, 0.15) is 0 Å². The Balaban J connectivity index is 2.48. The maximum Gasteiger partial charge on any atom is 0.342 e. The van der Waals surface area contributed by atoms with Crippen LogP contribution in [-0.2, 0) is 0 Å². The average molecular weight is 218 g/mol. The minimum Gasteiger partial charge on any atom is -0.157 e. The number of thiol groups is 1. The van der Waals surface area contributed by atoms with Gasteiger partial charge in [-0.05, 0) is 31.1 Å². The molecule has 0 saturated heterocycles. The molecule has 2 rings (SSSR count). The summed E-state index contributed by atoms with van der Waals surface area (Å²) in [5.74, 6) is 0. The second kappa shape index (κ2) is 4.09. The van der Waals surface area contributed by atoms with E-state index >= 15 is 0 Å². The molecular formula is C13H16NS+. The van der Waals surface area contributed by atoms with E-state index < -0.39 is 0 Å². The van der Waals surface area contributed by atoms with Gasteiger partial charge in [0.15, 0.2) is 0 Å². The van der Waals surface area contributed by atoms with Gasteiger partial charge in [0, 0.05) is 12.2 Å². The van der Waals surface area contributed by atoms with Crippen molar-refractivity contribution in [2.45, 2.75) is 6.92 Å². The fourth-order valence-electron chi connectivity index (χ4n) is 1.61. The predicted octanol–water partition coefficient (Wildman–Crippen LogP) is 2.08. The molecule has 1 heterocycles. The van der Waals surface area contributed by atoms with Crippen LogP contribution in [0.15, 0.2) is 36.4 Å². The van der Waals surface area contributed by atoms with Crippen molar-refractivity contribution in [3.05, 3.63) is 47.5 Å². The van der Waals surface area contributed by atoms with Crippen molar-refractivity contribution in [1.82, 2.24) is 4.67 Å². The van der Waals surface area contributed by atoms with Crippen molar-refractivity contribution >= 4 is 21.7 Å². The smallest absolute Gasteiger partial charge is 0.157 e. The first kappa shape index (κ1) is 10.3. The van der Waals surface area contributed by atoms with E-state index in [1.54, 1.807) is 0 Å². The van der Waals surface area contributed by atoms with Gasteiger partial charge in [0.25, 0.3) is 0 Å². The highest BCUT2D eigenvalue weighted by Crippen LogP contribution is 2.18. The first-order chi connectivity index (χ1) is 7.18. The highest BCUT2D eigenvalue weighted by Gasteiger charge is 2.21. The zero-order valence-corrected chi connectivity index (χ0v) is 10.3. The van der Waals surface area contributed by atoms with Crippen molar-refractivity contribution in [2.24, 2.45) is 0 Å². The van der Waals surface area contributed by atoms with Crippen LogP contribution in [0.4, 0.5) is 0 Å². The minimum atomic E-state index is -0.0859. The number of nitrogens with zero attached hydrogens (tertiary/aromatic N) is 1. The van der Waals surface area contributed by atoms with Crippen LogP contribution in [0.5, 0.6) is 0 Å². The van der Waals surface area contributed by atoms with Crippen molar-refractivity contribution in [3.63, 3.8) is 0 Å². The van der Waals surface area contributed by atoms with Gasteiger partial charge in [-0.1, -0.05) is 22.9 Å². The van der Waals surface area contributed by atoms with Gasteiger partial charge in [-0.15, -0.1) is 0 Å². The molecule has 1 aromatic carbocycles. The van der Waals surface area contributed by atoms with E-state index in [1.807, 2.05) is 0 Å². The first-order valence-corrected chi connectivity index (χ1v) is 7.29. The van der Waals surface area contributed by atoms with Gasteiger partial charge in [0.05, 0.1) is 5.56 Å². The van der Waals surface area contributed by atoms with Crippen LogP contribution in [0.3, 0.4) is 0 Å². The molecule has 0 aromatic heterocycles. The standard InChI is InChI=1S/C13H16NS/c1-10-6-4-5-7-11(10)12-8-9-13(14-12)15(2)3/h4-9,15H,1-3H3/q+1. The fourth-order valence-corrected chi connectivity index (χ4v) is 2.29.